The Hall–Kier alpha value is -2.17. The van der Waals surface area contributed by atoms with Crippen molar-refractivity contribution in [1.29, 1.82) is 0 Å². The highest BCUT2D eigenvalue weighted by Gasteiger charge is 2.32. The summed E-state index contributed by atoms with van der Waals surface area (Å²) < 4.78 is 40.6. The highest BCUT2D eigenvalue weighted by atomic mass is 79.9. The van der Waals surface area contributed by atoms with Crippen LogP contribution in [0.2, 0.25) is 10.0 Å². The molecular formula is C17H11BrCl2F3N5O. The fraction of sp³-hybridized carbons (Fsp3) is 0.176. The number of alkyl halides is 3. The third-order valence-electron chi connectivity index (χ3n) is 3.76. The first-order chi connectivity index (χ1) is 13.5. The Bertz CT molecular complexity index is 1060. The Morgan fingerprint density at radius 3 is 2.55 bits per heavy atom. The molecule has 1 atom stereocenters. The van der Waals surface area contributed by atoms with Crippen molar-refractivity contribution in [1.82, 2.24) is 25.1 Å². The van der Waals surface area contributed by atoms with Crippen LogP contribution in [0.4, 0.5) is 13.2 Å². The summed E-state index contributed by atoms with van der Waals surface area (Å²) in [5, 5.41) is 6.99. The smallest absolute Gasteiger partial charge is 0.342 e. The number of amides is 1. The highest BCUT2D eigenvalue weighted by molar-refractivity contribution is 9.10. The van der Waals surface area contributed by atoms with Gasteiger partial charge in [-0.05, 0) is 53.2 Å². The van der Waals surface area contributed by atoms with Gasteiger partial charge in [-0.15, -0.1) is 5.10 Å². The molecule has 0 radical (unpaired) electrons. The Morgan fingerprint density at radius 2 is 1.93 bits per heavy atom. The van der Waals surface area contributed by atoms with Crippen LogP contribution < -0.4 is 5.32 Å². The predicted molar refractivity (Wildman–Crippen MR) is 104 cm³/mol. The number of nitrogens with one attached hydrogen (secondary N) is 1. The van der Waals surface area contributed by atoms with Crippen LogP contribution in [0.15, 0.2) is 41.3 Å². The maximum atomic E-state index is 13.0. The largest absolute Gasteiger partial charge is 0.416 e. The van der Waals surface area contributed by atoms with Gasteiger partial charge in [0.25, 0.3) is 5.91 Å². The number of hydrogen-bond acceptors (Lipinski definition) is 4. The van der Waals surface area contributed by atoms with Crippen LogP contribution in [0.5, 0.6) is 0 Å². The van der Waals surface area contributed by atoms with E-state index in [1.165, 1.54) is 10.9 Å². The average molecular weight is 509 g/mol. The van der Waals surface area contributed by atoms with Crippen LogP contribution in [0, 0.1) is 0 Å². The summed E-state index contributed by atoms with van der Waals surface area (Å²) in [7, 11) is 0. The van der Waals surface area contributed by atoms with Crippen molar-refractivity contribution >= 4 is 45.0 Å². The molecule has 3 rings (SSSR count). The second-order valence-corrected chi connectivity index (χ2v) is 7.49. The molecule has 0 fully saturated rings. The van der Waals surface area contributed by atoms with E-state index in [1.807, 2.05) is 0 Å². The molecule has 1 N–H and O–H groups in total. The lowest BCUT2D eigenvalue weighted by molar-refractivity contribution is -0.137. The minimum Gasteiger partial charge on any atom is -0.342 e. The lowest BCUT2D eigenvalue weighted by atomic mass is 10.1. The van der Waals surface area contributed by atoms with Gasteiger partial charge in [-0.1, -0.05) is 23.2 Å². The summed E-state index contributed by atoms with van der Waals surface area (Å²) in [5.41, 5.74) is -1.24. The quantitative estimate of drug-likeness (QED) is 0.523. The van der Waals surface area contributed by atoms with Gasteiger partial charge in [-0.2, -0.15) is 17.9 Å². The molecule has 6 nitrogen and oxygen atoms in total. The van der Waals surface area contributed by atoms with Gasteiger partial charge in [-0.3, -0.25) is 4.79 Å². The number of nitrogens with zero attached hydrogens (tertiary/aromatic N) is 4. The van der Waals surface area contributed by atoms with Gasteiger partial charge in [0, 0.05) is 16.8 Å². The number of pyridine rings is 1. The Morgan fingerprint density at radius 1 is 1.21 bits per heavy atom. The first kappa shape index (κ1) is 21.5. The molecule has 12 heteroatoms. The molecule has 0 saturated carbocycles. The number of halogens is 6. The molecule has 29 heavy (non-hydrogen) atoms. The normalized spacial score (nSPS) is 12.7. The molecule has 152 valence electrons. The van der Waals surface area contributed by atoms with Crippen molar-refractivity contribution < 1.29 is 18.0 Å². The molecule has 1 aromatic carbocycles. The van der Waals surface area contributed by atoms with E-state index in [9.17, 15) is 18.0 Å². The van der Waals surface area contributed by atoms with Gasteiger partial charge < -0.3 is 5.32 Å². The van der Waals surface area contributed by atoms with Crippen LogP contribution in [-0.4, -0.2) is 25.7 Å². The predicted octanol–water partition coefficient (Wildman–Crippen LogP) is 5.24. The Balaban J connectivity index is 1.88. The SMILES string of the molecule is C[C@@H](NC(=O)c1cc(Cl)cc(C(F)(F)F)c1)c1nc(Br)nn1-c1ccc(Cl)cn1. The summed E-state index contributed by atoms with van der Waals surface area (Å²) in [6.45, 7) is 1.61. The number of carbonyl (C=O) groups is 1. The second kappa shape index (κ2) is 8.29. The molecule has 2 aromatic heterocycles. The lowest BCUT2D eigenvalue weighted by Gasteiger charge is -2.15. The third kappa shape index (κ3) is 5.06. The topological polar surface area (TPSA) is 72.7 Å². The highest BCUT2D eigenvalue weighted by Crippen LogP contribution is 2.32. The first-order valence-electron chi connectivity index (χ1n) is 7.97. The van der Waals surface area contributed by atoms with E-state index in [2.05, 4.69) is 36.3 Å². The fourth-order valence-electron chi connectivity index (χ4n) is 2.47. The van der Waals surface area contributed by atoms with Gasteiger partial charge in [0.05, 0.1) is 16.6 Å². The Labute approximate surface area is 181 Å². The zero-order chi connectivity index (χ0) is 21.3. The fourth-order valence-corrected chi connectivity index (χ4v) is 3.16. The summed E-state index contributed by atoms with van der Waals surface area (Å²) in [4.78, 5) is 20.9. The second-order valence-electron chi connectivity index (χ2n) is 5.91. The Kier molecular flexibility index (Phi) is 6.16. The standard InChI is InChI=1S/C17H11BrCl2F3N5O/c1-8(14-26-16(18)27-28(14)13-3-2-11(19)7-24-13)25-15(29)9-4-10(17(21,22)23)6-12(20)5-9/h2-8H,1H3,(H,25,29)/t8-/m1/s1. The van der Waals surface area contributed by atoms with Crippen molar-refractivity contribution in [2.45, 2.75) is 19.1 Å². The zero-order valence-corrected chi connectivity index (χ0v) is 17.6. The van der Waals surface area contributed by atoms with E-state index >= 15 is 0 Å². The van der Waals surface area contributed by atoms with Gasteiger partial charge in [0.15, 0.2) is 11.6 Å². The van der Waals surface area contributed by atoms with E-state index < -0.39 is 23.7 Å². The number of aromatic nitrogens is 4. The van der Waals surface area contributed by atoms with E-state index in [1.54, 1.807) is 19.1 Å². The summed E-state index contributed by atoms with van der Waals surface area (Å²) in [6.07, 6.45) is -3.21. The van der Waals surface area contributed by atoms with E-state index in [0.29, 0.717) is 16.7 Å². The third-order valence-corrected chi connectivity index (χ3v) is 4.54. The molecule has 0 spiro atoms. The lowest BCUT2D eigenvalue weighted by Crippen LogP contribution is -2.29. The number of carbonyl (C=O) groups excluding carboxylic acids is 1. The monoisotopic (exact) mass is 507 g/mol. The van der Waals surface area contributed by atoms with Crippen molar-refractivity contribution in [3.05, 3.63) is 68.3 Å². The van der Waals surface area contributed by atoms with Crippen LogP contribution in [-0.2, 0) is 6.18 Å². The molecule has 0 aliphatic heterocycles. The van der Waals surface area contributed by atoms with E-state index in [4.69, 9.17) is 23.2 Å². The molecule has 3 aromatic rings. The number of benzene rings is 1. The minimum absolute atomic E-state index is 0.200. The van der Waals surface area contributed by atoms with Crippen molar-refractivity contribution in [3.8, 4) is 5.82 Å². The summed E-state index contributed by atoms with van der Waals surface area (Å²) >= 11 is 14.7. The molecule has 0 aliphatic rings. The van der Waals surface area contributed by atoms with Gasteiger partial charge in [0.2, 0.25) is 4.73 Å². The molecular weight excluding hydrogens is 498 g/mol. The summed E-state index contributed by atoms with van der Waals surface area (Å²) in [6, 6.07) is 5.13. The maximum absolute atomic E-state index is 13.0. The van der Waals surface area contributed by atoms with Gasteiger partial charge in [0.1, 0.15) is 0 Å². The van der Waals surface area contributed by atoms with Crippen LogP contribution in [0.1, 0.15) is 34.7 Å². The van der Waals surface area contributed by atoms with Gasteiger partial charge >= 0.3 is 6.18 Å². The van der Waals surface area contributed by atoms with E-state index in [0.717, 1.165) is 18.2 Å². The van der Waals surface area contributed by atoms with Crippen molar-refractivity contribution in [2.24, 2.45) is 0 Å². The van der Waals surface area contributed by atoms with Gasteiger partial charge in [-0.25, -0.2) is 9.97 Å². The summed E-state index contributed by atoms with van der Waals surface area (Å²) in [5.74, 6) is -0.0517. The molecule has 0 saturated heterocycles. The molecule has 0 aliphatic carbocycles. The zero-order valence-electron chi connectivity index (χ0n) is 14.5. The van der Waals surface area contributed by atoms with Crippen LogP contribution in [0.25, 0.3) is 5.82 Å². The average Bonchev–Trinajstić information content (AvgIpc) is 3.03. The van der Waals surface area contributed by atoms with E-state index in [-0.39, 0.29) is 15.3 Å². The van der Waals surface area contributed by atoms with Crippen molar-refractivity contribution in [3.63, 3.8) is 0 Å². The number of hydrogen-bond donors (Lipinski definition) is 1. The molecule has 1 amide bonds. The van der Waals surface area contributed by atoms with Crippen LogP contribution >= 0.6 is 39.1 Å². The molecule has 0 unspecified atom stereocenters. The van der Waals surface area contributed by atoms with Crippen LogP contribution in [0.3, 0.4) is 0 Å². The minimum atomic E-state index is -4.63. The van der Waals surface area contributed by atoms with Crippen molar-refractivity contribution in [2.75, 3.05) is 0 Å². The first-order valence-corrected chi connectivity index (χ1v) is 9.52. The molecule has 0 bridgehead atoms. The molecule has 2 heterocycles. The maximum Gasteiger partial charge on any atom is 0.416 e. The number of rotatable bonds is 4.